The van der Waals surface area contributed by atoms with E-state index in [9.17, 15) is 0 Å². The van der Waals surface area contributed by atoms with Crippen LogP contribution in [0.1, 0.15) is 69.0 Å². The third-order valence-electron chi connectivity index (χ3n) is 4.36. The van der Waals surface area contributed by atoms with Crippen molar-refractivity contribution < 1.29 is 0 Å². The van der Waals surface area contributed by atoms with Crippen LogP contribution in [-0.4, -0.2) is 19.7 Å². The van der Waals surface area contributed by atoms with Gasteiger partial charge in [0, 0.05) is 24.7 Å². The molecule has 2 rings (SSSR count). The fourth-order valence-electron chi connectivity index (χ4n) is 2.93. The van der Waals surface area contributed by atoms with Gasteiger partial charge in [0.1, 0.15) is 5.82 Å². The molecule has 23 heavy (non-hydrogen) atoms. The van der Waals surface area contributed by atoms with Gasteiger partial charge in [-0.2, -0.15) is 5.10 Å². The van der Waals surface area contributed by atoms with Gasteiger partial charge in [0.15, 0.2) is 0 Å². The van der Waals surface area contributed by atoms with Gasteiger partial charge in [-0.05, 0) is 20.3 Å². The van der Waals surface area contributed by atoms with E-state index in [1.807, 2.05) is 31.8 Å². The molecule has 5 heteroatoms. The lowest BCUT2D eigenvalue weighted by Gasteiger charge is -2.16. The molecule has 0 aliphatic carbocycles. The summed E-state index contributed by atoms with van der Waals surface area (Å²) in [6.45, 7) is 8.38. The Labute approximate surface area is 139 Å². The molecular formula is C18H29N5. The van der Waals surface area contributed by atoms with Gasteiger partial charge in [-0.3, -0.25) is 4.68 Å². The zero-order valence-electron chi connectivity index (χ0n) is 15.1. The third kappa shape index (κ3) is 4.09. The van der Waals surface area contributed by atoms with E-state index in [2.05, 4.69) is 23.9 Å². The van der Waals surface area contributed by atoms with Gasteiger partial charge in [0.2, 0.25) is 0 Å². The molecule has 0 saturated heterocycles. The van der Waals surface area contributed by atoms with Crippen molar-refractivity contribution in [3.05, 3.63) is 23.3 Å². The van der Waals surface area contributed by atoms with Crippen LogP contribution in [0.5, 0.6) is 0 Å². The van der Waals surface area contributed by atoms with Crippen molar-refractivity contribution in [2.75, 3.05) is 5.73 Å². The summed E-state index contributed by atoms with van der Waals surface area (Å²) in [5.74, 6) is 0.877. The predicted octanol–water partition coefficient (Wildman–Crippen LogP) is 4.15. The van der Waals surface area contributed by atoms with Gasteiger partial charge < -0.3 is 5.73 Å². The highest BCUT2D eigenvalue weighted by Crippen LogP contribution is 2.32. The van der Waals surface area contributed by atoms with Crippen LogP contribution in [-0.2, 0) is 7.05 Å². The molecule has 0 amide bonds. The zero-order chi connectivity index (χ0) is 17.0. The van der Waals surface area contributed by atoms with Crippen molar-refractivity contribution in [1.29, 1.82) is 0 Å². The quantitative estimate of drug-likeness (QED) is 0.779. The van der Waals surface area contributed by atoms with E-state index < -0.39 is 0 Å². The molecule has 2 aromatic heterocycles. The second-order valence-corrected chi connectivity index (χ2v) is 6.48. The molecule has 2 N–H and O–H groups in total. The summed E-state index contributed by atoms with van der Waals surface area (Å²) in [6, 6.07) is 0. The van der Waals surface area contributed by atoms with Crippen molar-refractivity contribution in [3.8, 4) is 11.3 Å². The molecule has 0 radical (unpaired) electrons. The number of nitrogens with zero attached hydrogens (tertiary/aromatic N) is 4. The zero-order valence-corrected chi connectivity index (χ0v) is 15.1. The molecule has 0 aliphatic rings. The van der Waals surface area contributed by atoms with E-state index in [4.69, 9.17) is 10.7 Å². The summed E-state index contributed by atoms with van der Waals surface area (Å²) in [6.07, 6.45) is 8.17. The summed E-state index contributed by atoms with van der Waals surface area (Å²) >= 11 is 0. The average molecular weight is 315 g/mol. The Morgan fingerprint density at radius 3 is 2.48 bits per heavy atom. The minimum absolute atomic E-state index is 0.344. The molecule has 5 nitrogen and oxygen atoms in total. The Morgan fingerprint density at radius 2 is 1.87 bits per heavy atom. The lowest BCUT2D eigenvalue weighted by molar-refractivity contribution is 0.571. The van der Waals surface area contributed by atoms with E-state index in [-0.39, 0.29) is 0 Å². The number of aryl methyl sites for hydroxylation is 3. The van der Waals surface area contributed by atoms with E-state index >= 15 is 0 Å². The first-order chi connectivity index (χ1) is 10.9. The standard InChI is InChI=1S/C18H29N5/c1-6-7-8-9-10-12(2)16-17(20-14(4)18(19)21-16)15-11-23(5)22-13(15)3/h11-12H,6-10H2,1-5H3,(H2,19,21). The number of hydrogen-bond donors (Lipinski definition) is 1. The predicted molar refractivity (Wildman–Crippen MR) is 95.3 cm³/mol. The van der Waals surface area contributed by atoms with Gasteiger partial charge in [-0.1, -0.05) is 39.5 Å². The van der Waals surface area contributed by atoms with Gasteiger partial charge in [-0.25, -0.2) is 9.97 Å². The van der Waals surface area contributed by atoms with Crippen molar-refractivity contribution in [1.82, 2.24) is 19.7 Å². The molecule has 0 spiro atoms. The summed E-state index contributed by atoms with van der Waals surface area (Å²) in [4.78, 5) is 9.42. The maximum Gasteiger partial charge on any atom is 0.145 e. The maximum atomic E-state index is 6.03. The topological polar surface area (TPSA) is 69.6 Å². The fraction of sp³-hybridized carbons (Fsp3) is 0.611. The molecule has 1 unspecified atom stereocenters. The highest BCUT2D eigenvalue weighted by atomic mass is 15.2. The van der Waals surface area contributed by atoms with E-state index in [1.54, 1.807) is 0 Å². The Balaban J connectivity index is 2.34. The van der Waals surface area contributed by atoms with Crippen LogP contribution in [0, 0.1) is 13.8 Å². The number of aromatic nitrogens is 4. The van der Waals surface area contributed by atoms with Crippen molar-refractivity contribution in [2.45, 2.75) is 65.7 Å². The normalized spacial score (nSPS) is 12.6. The summed E-state index contributed by atoms with van der Waals surface area (Å²) in [5.41, 5.74) is 10.8. The van der Waals surface area contributed by atoms with E-state index in [1.165, 1.54) is 25.7 Å². The van der Waals surface area contributed by atoms with Crippen molar-refractivity contribution >= 4 is 5.82 Å². The second-order valence-electron chi connectivity index (χ2n) is 6.48. The largest absolute Gasteiger partial charge is 0.382 e. The van der Waals surface area contributed by atoms with Crippen molar-refractivity contribution in [3.63, 3.8) is 0 Å². The first kappa shape index (κ1) is 17.4. The summed E-state index contributed by atoms with van der Waals surface area (Å²) in [7, 11) is 1.93. The number of unbranched alkanes of at least 4 members (excludes halogenated alkanes) is 3. The molecule has 2 heterocycles. The minimum atomic E-state index is 0.344. The molecular weight excluding hydrogens is 286 g/mol. The molecule has 0 aromatic carbocycles. The van der Waals surface area contributed by atoms with Crippen LogP contribution in [0.4, 0.5) is 5.82 Å². The lowest BCUT2D eigenvalue weighted by atomic mass is 9.95. The molecule has 2 aromatic rings. The van der Waals surface area contributed by atoms with Crippen molar-refractivity contribution in [2.24, 2.45) is 7.05 Å². The Bertz CT molecular complexity index is 660. The number of hydrogen-bond acceptors (Lipinski definition) is 4. The van der Waals surface area contributed by atoms with Crippen LogP contribution < -0.4 is 5.73 Å². The molecule has 0 fully saturated rings. The Hall–Kier alpha value is -1.91. The van der Waals surface area contributed by atoms with Gasteiger partial charge in [0.25, 0.3) is 0 Å². The summed E-state index contributed by atoms with van der Waals surface area (Å²) in [5, 5.41) is 4.44. The highest BCUT2D eigenvalue weighted by molar-refractivity contribution is 5.65. The third-order valence-corrected chi connectivity index (χ3v) is 4.36. The Kier molecular flexibility index (Phi) is 5.74. The first-order valence-corrected chi connectivity index (χ1v) is 8.58. The smallest absolute Gasteiger partial charge is 0.145 e. The van der Waals surface area contributed by atoms with Gasteiger partial charge in [0.05, 0.1) is 22.8 Å². The Morgan fingerprint density at radius 1 is 1.13 bits per heavy atom. The fourth-order valence-corrected chi connectivity index (χ4v) is 2.93. The average Bonchev–Trinajstić information content (AvgIpc) is 2.84. The molecule has 0 bridgehead atoms. The van der Waals surface area contributed by atoms with E-state index in [0.717, 1.165) is 34.8 Å². The number of anilines is 1. The van der Waals surface area contributed by atoms with Gasteiger partial charge >= 0.3 is 0 Å². The number of nitrogens with two attached hydrogens (primary N) is 1. The van der Waals surface area contributed by atoms with Gasteiger partial charge in [-0.15, -0.1) is 0 Å². The number of rotatable bonds is 7. The first-order valence-electron chi connectivity index (χ1n) is 8.58. The highest BCUT2D eigenvalue weighted by Gasteiger charge is 2.20. The van der Waals surface area contributed by atoms with Crippen LogP contribution in [0.15, 0.2) is 6.20 Å². The maximum absolute atomic E-state index is 6.03. The summed E-state index contributed by atoms with van der Waals surface area (Å²) < 4.78 is 1.83. The van der Waals surface area contributed by atoms with Crippen LogP contribution in [0.2, 0.25) is 0 Å². The van der Waals surface area contributed by atoms with Crippen LogP contribution in [0.3, 0.4) is 0 Å². The number of nitrogen functional groups attached to an aromatic ring is 1. The SMILES string of the molecule is CCCCCCC(C)c1nc(N)c(C)nc1-c1cn(C)nc1C. The second kappa shape index (κ2) is 7.57. The van der Waals surface area contributed by atoms with Crippen LogP contribution in [0.25, 0.3) is 11.3 Å². The molecule has 0 saturated carbocycles. The molecule has 0 aliphatic heterocycles. The van der Waals surface area contributed by atoms with E-state index in [0.29, 0.717) is 11.7 Å². The molecule has 126 valence electrons. The molecule has 1 atom stereocenters. The minimum Gasteiger partial charge on any atom is -0.382 e. The van der Waals surface area contributed by atoms with Crippen LogP contribution >= 0.6 is 0 Å². The monoisotopic (exact) mass is 315 g/mol. The lowest BCUT2D eigenvalue weighted by Crippen LogP contribution is -2.08.